The van der Waals surface area contributed by atoms with Crippen LogP contribution in [0.25, 0.3) is 0 Å². The average molecular weight is 222 g/mol. The first kappa shape index (κ1) is 12.9. The van der Waals surface area contributed by atoms with Crippen molar-refractivity contribution in [3.63, 3.8) is 0 Å². The zero-order valence-corrected chi connectivity index (χ0v) is 10.5. The molecule has 90 valence electrons. The quantitative estimate of drug-likeness (QED) is 0.696. The summed E-state index contributed by atoms with van der Waals surface area (Å²) >= 11 is 0. The normalized spacial score (nSPS) is 10.5. The van der Waals surface area contributed by atoms with E-state index in [0.29, 0.717) is 12.5 Å². The highest BCUT2D eigenvalue weighted by atomic mass is 16.5. The van der Waals surface area contributed by atoms with Gasteiger partial charge in [0.15, 0.2) is 0 Å². The molecule has 0 unspecified atom stereocenters. The van der Waals surface area contributed by atoms with Gasteiger partial charge in [0, 0.05) is 6.07 Å². The van der Waals surface area contributed by atoms with E-state index in [4.69, 9.17) is 9.47 Å². The van der Waals surface area contributed by atoms with Gasteiger partial charge in [-0.25, -0.2) is 0 Å². The molecule has 0 fully saturated rings. The monoisotopic (exact) mass is 222 g/mol. The third kappa shape index (κ3) is 4.13. The van der Waals surface area contributed by atoms with Crippen molar-refractivity contribution in [2.24, 2.45) is 5.92 Å². The van der Waals surface area contributed by atoms with Gasteiger partial charge in [0.1, 0.15) is 11.5 Å². The lowest BCUT2D eigenvalue weighted by atomic mass is 10.1. The largest absolute Gasteiger partial charge is 0.494 e. The Balaban J connectivity index is 2.49. The molecule has 1 aromatic rings. The highest BCUT2D eigenvalue weighted by Gasteiger charge is 2.04. The predicted octanol–water partition coefficient (Wildman–Crippen LogP) is 3.90. The predicted molar refractivity (Wildman–Crippen MR) is 67.2 cm³/mol. The standard InChI is InChI=1S/C14H22O2/c1-4-12(5-2)11-16-14-9-7-8-13(10-14)15-6-3/h7-10,12H,4-6,11H2,1-3H3. The molecule has 0 N–H and O–H groups in total. The Kier molecular flexibility index (Phi) is 5.76. The first-order valence-electron chi connectivity index (χ1n) is 6.15. The molecule has 0 bridgehead atoms. The van der Waals surface area contributed by atoms with Crippen LogP contribution < -0.4 is 9.47 Å². The Morgan fingerprint density at radius 2 is 1.62 bits per heavy atom. The molecule has 2 nitrogen and oxygen atoms in total. The molecule has 0 heterocycles. The van der Waals surface area contributed by atoms with Gasteiger partial charge in [0.05, 0.1) is 13.2 Å². The van der Waals surface area contributed by atoms with Crippen LogP contribution in [0.4, 0.5) is 0 Å². The van der Waals surface area contributed by atoms with Crippen molar-refractivity contribution in [1.29, 1.82) is 0 Å². The van der Waals surface area contributed by atoms with E-state index in [9.17, 15) is 0 Å². The second kappa shape index (κ2) is 7.15. The molecule has 2 heteroatoms. The Labute approximate surface area is 98.6 Å². The highest BCUT2D eigenvalue weighted by Crippen LogP contribution is 2.20. The van der Waals surface area contributed by atoms with Crippen molar-refractivity contribution in [1.82, 2.24) is 0 Å². The fourth-order valence-corrected chi connectivity index (χ4v) is 1.56. The maximum atomic E-state index is 5.76. The second-order valence-electron chi connectivity index (χ2n) is 3.90. The summed E-state index contributed by atoms with van der Waals surface area (Å²) in [6, 6.07) is 7.84. The Morgan fingerprint density at radius 3 is 2.19 bits per heavy atom. The van der Waals surface area contributed by atoms with Crippen molar-refractivity contribution in [2.75, 3.05) is 13.2 Å². The molecule has 0 amide bonds. The van der Waals surface area contributed by atoms with Gasteiger partial charge in [-0.3, -0.25) is 0 Å². The summed E-state index contributed by atoms with van der Waals surface area (Å²) in [7, 11) is 0. The maximum absolute atomic E-state index is 5.76. The van der Waals surface area contributed by atoms with Crippen LogP contribution in [0.3, 0.4) is 0 Å². The van der Waals surface area contributed by atoms with Gasteiger partial charge in [0.25, 0.3) is 0 Å². The van der Waals surface area contributed by atoms with Gasteiger partial charge in [-0.15, -0.1) is 0 Å². The zero-order valence-electron chi connectivity index (χ0n) is 10.5. The average Bonchev–Trinajstić information content (AvgIpc) is 2.31. The molecule has 0 aromatic heterocycles. The second-order valence-corrected chi connectivity index (χ2v) is 3.90. The number of hydrogen-bond acceptors (Lipinski definition) is 2. The zero-order chi connectivity index (χ0) is 11.8. The molecule has 1 rings (SSSR count). The van der Waals surface area contributed by atoms with Crippen molar-refractivity contribution in [3.8, 4) is 11.5 Å². The summed E-state index contributed by atoms with van der Waals surface area (Å²) in [6.07, 6.45) is 2.34. The Bertz CT molecular complexity index is 293. The van der Waals surface area contributed by atoms with E-state index in [1.807, 2.05) is 31.2 Å². The van der Waals surface area contributed by atoms with E-state index in [1.165, 1.54) is 12.8 Å². The Hall–Kier alpha value is -1.18. The van der Waals surface area contributed by atoms with E-state index in [-0.39, 0.29) is 0 Å². The highest BCUT2D eigenvalue weighted by molar-refractivity contribution is 5.32. The molecule has 0 aliphatic heterocycles. The SMILES string of the molecule is CCOc1cccc(OCC(CC)CC)c1. The van der Waals surface area contributed by atoms with E-state index >= 15 is 0 Å². The van der Waals surface area contributed by atoms with Gasteiger partial charge in [-0.05, 0) is 25.0 Å². The van der Waals surface area contributed by atoms with Gasteiger partial charge >= 0.3 is 0 Å². The van der Waals surface area contributed by atoms with Crippen molar-refractivity contribution in [2.45, 2.75) is 33.6 Å². The summed E-state index contributed by atoms with van der Waals surface area (Å²) in [4.78, 5) is 0. The molecule has 0 spiro atoms. The summed E-state index contributed by atoms with van der Waals surface area (Å²) in [5.41, 5.74) is 0. The molecule has 0 saturated heterocycles. The third-order valence-corrected chi connectivity index (χ3v) is 2.76. The van der Waals surface area contributed by atoms with Crippen LogP contribution in [0.5, 0.6) is 11.5 Å². The molecule has 0 saturated carbocycles. The number of rotatable bonds is 7. The van der Waals surface area contributed by atoms with E-state index < -0.39 is 0 Å². The van der Waals surface area contributed by atoms with Crippen molar-refractivity contribution < 1.29 is 9.47 Å². The van der Waals surface area contributed by atoms with Crippen LogP contribution in [-0.2, 0) is 0 Å². The van der Waals surface area contributed by atoms with Crippen LogP contribution in [-0.4, -0.2) is 13.2 Å². The lowest BCUT2D eigenvalue weighted by Crippen LogP contribution is -2.10. The number of benzene rings is 1. The topological polar surface area (TPSA) is 18.5 Å². The van der Waals surface area contributed by atoms with Crippen molar-refractivity contribution >= 4 is 0 Å². The molecule has 0 aliphatic carbocycles. The maximum Gasteiger partial charge on any atom is 0.122 e. The van der Waals surface area contributed by atoms with Crippen molar-refractivity contribution in [3.05, 3.63) is 24.3 Å². The lowest BCUT2D eigenvalue weighted by molar-refractivity contribution is 0.239. The van der Waals surface area contributed by atoms with Gasteiger partial charge < -0.3 is 9.47 Å². The van der Waals surface area contributed by atoms with E-state index in [2.05, 4.69) is 13.8 Å². The van der Waals surface area contributed by atoms with Gasteiger partial charge in [-0.2, -0.15) is 0 Å². The van der Waals surface area contributed by atoms with Crippen LogP contribution in [0.15, 0.2) is 24.3 Å². The van der Waals surface area contributed by atoms with Crippen LogP contribution in [0, 0.1) is 5.92 Å². The first-order valence-corrected chi connectivity index (χ1v) is 6.15. The fraction of sp³-hybridized carbons (Fsp3) is 0.571. The minimum atomic E-state index is 0.649. The molecule has 16 heavy (non-hydrogen) atoms. The van der Waals surface area contributed by atoms with E-state index in [0.717, 1.165) is 18.1 Å². The van der Waals surface area contributed by atoms with Crippen LogP contribution in [0.1, 0.15) is 33.6 Å². The molecular weight excluding hydrogens is 200 g/mol. The van der Waals surface area contributed by atoms with Gasteiger partial charge in [-0.1, -0.05) is 32.8 Å². The minimum Gasteiger partial charge on any atom is -0.494 e. The first-order chi connectivity index (χ1) is 7.80. The summed E-state index contributed by atoms with van der Waals surface area (Å²) < 4.78 is 11.2. The van der Waals surface area contributed by atoms with E-state index in [1.54, 1.807) is 0 Å². The third-order valence-electron chi connectivity index (χ3n) is 2.76. The molecule has 1 aromatic carbocycles. The molecular formula is C14H22O2. The van der Waals surface area contributed by atoms with Crippen LogP contribution in [0.2, 0.25) is 0 Å². The minimum absolute atomic E-state index is 0.649. The summed E-state index contributed by atoms with van der Waals surface area (Å²) in [5, 5.41) is 0. The fourth-order valence-electron chi connectivity index (χ4n) is 1.56. The number of hydrogen-bond donors (Lipinski definition) is 0. The van der Waals surface area contributed by atoms with Gasteiger partial charge in [0.2, 0.25) is 0 Å². The summed E-state index contributed by atoms with van der Waals surface area (Å²) in [6.45, 7) is 7.87. The molecule has 0 atom stereocenters. The smallest absolute Gasteiger partial charge is 0.122 e. The lowest BCUT2D eigenvalue weighted by Gasteiger charge is -2.14. The molecule has 0 radical (unpaired) electrons. The summed E-state index contributed by atoms with van der Waals surface area (Å²) in [5.74, 6) is 2.43. The number of ether oxygens (including phenoxy) is 2. The Morgan fingerprint density at radius 1 is 1.00 bits per heavy atom. The van der Waals surface area contributed by atoms with Crippen LogP contribution >= 0.6 is 0 Å². The molecule has 0 aliphatic rings.